The first-order valence-corrected chi connectivity index (χ1v) is 5.42. The van der Waals surface area contributed by atoms with Crippen LogP contribution in [0.25, 0.3) is 0 Å². The summed E-state index contributed by atoms with van der Waals surface area (Å²) in [5.41, 5.74) is 7.51. The largest absolute Gasteiger partial charge is 0.481 e. The summed E-state index contributed by atoms with van der Waals surface area (Å²) in [4.78, 5) is 4.32. The van der Waals surface area contributed by atoms with E-state index in [4.69, 9.17) is 10.5 Å². The molecule has 0 saturated heterocycles. The molecule has 0 saturated carbocycles. The topological polar surface area (TPSA) is 78.8 Å². The zero-order chi connectivity index (χ0) is 12.3. The molecule has 2 N–H and O–H groups in total. The van der Waals surface area contributed by atoms with Crippen LogP contribution >= 0.6 is 0 Å². The molecule has 6 heteroatoms. The molecule has 90 valence electrons. The van der Waals surface area contributed by atoms with Gasteiger partial charge in [-0.05, 0) is 12.5 Å². The third-order valence-electron chi connectivity index (χ3n) is 2.50. The average Bonchev–Trinajstić information content (AvgIpc) is 2.70. The maximum Gasteiger partial charge on any atom is 0.213 e. The van der Waals surface area contributed by atoms with E-state index in [0.717, 1.165) is 17.8 Å². The van der Waals surface area contributed by atoms with Crippen LogP contribution in [-0.2, 0) is 13.0 Å². The van der Waals surface area contributed by atoms with E-state index in [1.165, 1.54) is 0 Å². The zero-order valence-corrected chi connectivity index (χ0v) is 9.92. The van der Waals surface area contributed by atoms with Crippen LogP contribution in [0.1, 0.15) is 18.3 Å². The lowest BCUT2D eigenvalue weighted by molar-refractivity contribution is 0.395. The quantitative estimate of drug-likeness (QED) is 0.847. The minimum Gasteiger partial charge on any atom is -0.481 e. The van der Waals surface area contributed by atoms with Gasteiger partial charge in [-0.2, -0.15) is 0 Å². The molecule has 0 aromatic carbocycles. The highest BCUT2D eigenvalue weighted by Gasteiger charge is 2.09. The van der Waals surface area contributed by atoms with Crippen molar-refractivity contribution in [1.29, 1.82) is 0 Å². The molecule has 2 heterocycles. The van der Waals surface area contributed by atoms with Crippen molar-refractivity contribution < 1.29 is 4.74 Å². The van der Waals surface area contributed by atoms with Crippen molar-refractivity contribution >= 4 is 5.82 Å². The van der Waals surface area contributed by atoms with Gasteiger partial charge in [-0.25, -0.2) is 9.67 Å². The highest BCUT2D eigenvalue weighted by molar-refractivity contribution is 5.33. The lowest BCUT2D eigenvalue weighted by Crippen LogP contribution is -2.08. The monoisotopic (exact) mass is 233 g/mol. The number of aromatic nitrogens is 4. The summed E-state index contributed by atoms with van der Waals surface area (Å²) in [6.45, 7) is 2.56. The first-order chi connectivity index (χ1) is 8.24. The number of pyridine rings is 1. The predicted molar refractivity (Wildman–Crippen MR) is 63.7 cm³/mol. The van der Waals surface area contributed by atoms with Crippen molar-refractivity contribution in [1.82, 2.24) is 20.0 Å². The van der Waals surface area contributed by atoms with Gasteiger partial charge in [-0.15, -0.1) is 5.10 Å². The van der Waals surface area contributed by atoms with E-state index in [1.807, 2.05) is 19.1 Å². The van der Waals surface area contributed by atoms with Gasteiger partial charge in [0.1, 0.15) is 0 Å². The third kappa shape index (κ3) is 2.35. The SMILES string of the molecule is CCc1c(N)nnn1Cc1cccc(OC)n1. The molecule has 0 atom stereocenters. The molecule has 0 radical (unpaired) electrons. The van der Waals surface area contributed by atoms with E-state index < -0.39 is 0 Å². The molecular weight excluding hydrogens is 218 g/mol. The second-order valence-electron chi connectivity index (χ2n) is 3.60. The Hall–Kier alpha value is -2.11. The number of rotatable bonds is 4. The van der Waals surface area contributed by atoms with Crippen LogP contribution in [0.4, 0.5) is 5.82 Å². The molecule has 2 aromatic heterocycles. The minimum absolute atomic E-state index is 0.482. The summed E-state index contributed by atoms with van der Waals surface area (Å²) in [5.74, 6) is 1.07. The van der Waals surface area contributed by atoms with Gasteiger partial charge in [0.15, 0.2) is 5.82 Å². The molecule has 0 amide bonds. The van der Waals surface area contributed by atoms with E-state index in [0.29, 0.717) is 18.2 Å². The van der Waals surface area contributed by atoms with E-state index in [-0.39, 0.29) is 0 Å². The molecule has 2 aromatic rings. The van der Waals surface area contributed by atoms with Gasteiger partial charge < -0.3 is 10.5 Å². The van der Waals surface area contributed by atoms with Crippen LogP contribution in [0.3, 0.4) is 0 Å². The molecule has 6 nitrogen and oxygen atoms in total. The fraction of sp³-hybridized carbons (Fsp3) is 0.364. The Morgan fingerprint density at radius 1 is 1.41 bits per heavy atom. The number of nitrogens with zero attached hydrogens (tertiary/aromatic N) is 4. The molecule has 0 aliphatic rings. The fourth-order valence-corrected chi connectivity index (χ4v) is 1.65. The Labute approximate surface area is 99.4 Å². The van der Waals surface area contributed by atoms with Crippen LogP contribution in [-0.4, -0.2) is 27.1 Å². The first-order valence-electron chi connectivity index (χ1n) is 5.42. The Morgan fingerprint density at radius 2 is 2.24 bits per heavy atom. The molecule has 17 heavy (non-hydrogen) atoms. The van der Waals surface area contributed by atoms with E-state index in [1.54, 1.807) is 17.9 Å². The van der Waals surface area contributed by atoms with Gasteiger partial charge in [0.25, 0.3) is 0 Å². The molecule has 0 unspecified atom stereocenters. The number of nitrogen functional groups attached to an aromatic ring is 1. The Bertz CT molecular complexity index is 508. The number of hydrogen-bond acceptors (Lipinski definition) is 5. The summed E-state index contributed by atoms with van der Waals surface area (Å²) in [5, 5.41) is 7.86. The molecule has 0 aliphatic heterocycles. The summed E-state index contributed by atoms with van der Waals surface area (Å²) < 4.78 is 6.83. The summed E-state index contributed by atoms with van der Waals surface area (Å²) in [6.07, 6.45) is 0.794. The summed E-state index contributed by atoms with van der Waals surface area (Å²) in [7, 11) is 1.59. The van der Waals surface area contributed by atoms with Gasteiger partial charge in [0.05, 0.1) is 25.0 Å². The average molecular weight is 233 g/mol. The molecule has 0 fully saturated rings. The van der Waals surface area contributed by atoms with E-state index in [2.05, 4.69) is 15.3 Å². The van der Waals surface area contributed by atoms with Crippen molar-refractivity contribution in [2.24, 2.45) is 0 Å². The van der Waals surface area contributed by atoms with E-state index in [9.17, 15) is 0 Å². The normalized spacial score (nSPS) is 10.5. The molecule has 0 spiro atoms. The van der Waals surface area contributed by atoms with Crippen LogP contribution in [0, 0.1) is 0 Å². The molecule has 0 aliphatic carbocycles. The number of hydrogen-bond donors (Lipinski definition) is 1. The van der Waals surface area contributed by atoms with Crippen LogP contribution in [0.15, 0.2) is 18.2 Å². The summed E-state index contributed by atoms with van der Waals surface area (Å²) >= 11 is 0. The van der Waals surface area contributed by atoms with Crippen LogP contribution in [0.5, 0.6) is 5.88 Å². The fourth-order valence-electron chi connectivity index (χ4n) is 1.65. The van der Waals surface area contributed by atoms with E-state index >= 15 is 0 Å². The Balaban J connectivity index is 2.24. The number of ether oxygens (including phenoxy) is 1. The van der Waals surface area contributed by atoms with Crippen molar-refractivity contribution in [2.75, 3.05) is 12.8 Å². The van der Waals surface area contributed by atoms with Gasteiger partial charge in [-0.1, -0.05) is 18.2 Å². The van der Waals surface area contributed by atoms with Crippen molar-refractivity contribution in [3.05, 3.63) is 29.6 Å². The van der Waals surface area contributed by atoms with Crippen molar-refractivity contribution in [2.45, 2.75) is 19.9 Å². The van der Waals surface area contributed by atoms with Gasteiger partial charge in [-0.3, -0.25) is 0 Å². The minimum atomic E-state index is 0.482. The molecular formula is C11H15N5O. The molecule has 0 bridgehead atoms. The number of anilines is 1. The lowest BCUT2D eigenvalue weighted by Gasteiger charge is -2.05. The Kier molecular flexibility index (Phi) is 3.22. The first kappa shape index (κ1) is 11.4. The van der Waals surface area contributed by atoms with Gasteiger partial charge in [0, 0.05) is 6.07 Å². The standard InChI is InChI=1S/C11H15N5O/c1-3-9-11(12)14-15-16(9)7-8-5-4-6-10(13-8)17-2/h4-6H,3,7,12H2,1-2H3. The van der Waals surface area contributed by atoms with Crippen LogP contribution in [0.2, 0.25) is 0 Å². The maximum atomic E-state index is 5.72. The Morgan fingerprint density at radius 3 is 2.94 bits per heavy atom. The highest BCUT2D eigenvalue weighted by Crippen LogP contribution is 2.12. The second kappa shape index (κ2) is 4.82. The number of methoxy groups -OCH3 is 1. The predicted octanol–water partition coefficient (Wildman–Crippen LogP) is 0.875. The van der Waals surface area contributed by atoms with Gasteiger partial charge in [0.2, 0.25) is 5.88 Å². The van der Waals surface area contributed by atoms with Crippen molar-refractivity contribution in [3.8, 4) is 5.88 Å². The molecule has 2 rings (SSSR count). The van der Waals surface area contributed by atoms with Crippen LogP contribution < -0.4 is 10.5 Å². The smallest absolute Gasteiger partial charge is 0.213 e. The summed E-state index contributed by atoms with van der Waals surface area (Å²) in [6, 6.07) is 5.62. The third-order valence-corrected chi connectivity index (χ3v) is 2.50. The maximum absolute atomic E-state index is 5.72. The second-order valence-corrected chi connectivity index (χ2v) is 3.60. The number of nitrogens with two attached hydrogens (primary N) is 1. The lowest BCUT2D eigenvalue weighted by atomic mass is 10.3. The zero-order valence-electron chi connectivity index (χ0n) is 9.92. The van der Waals surface area contributed by atoms with Gasteiger partial charge >= 0.3 is 0 Å². The highest BCUT2D eigenvalue weighted by atomic mass is 16.5. The van der Waals surface area contributed by atoms with Crippen molar-refractivity contribution in [3.63, 3.8) is 0 Å².